The fraction of sp³-hybridized carbons (Fsp3) is 0.333. The molecule has 0 amide bonds. The van der Waals surface area contributed by atoms with Gasteiger partial charge in [0, 0.05) is 19.6 Å². The first-order valence-electron chi connectivity index (χ1n) is 9.87. The maximum absolute atomic E-state index is 3.54. The van der Waals surface area contributed by atoms with Gasteiger partial charge in [0.2, 0.25) is 0 Å². The van der Waals surface area contributed by atoms with Crippen molar-refractivity contribution in [2.45, 2.75) is 25.8 Å². The highest BCUT2D eigenvalue weighted by atomic mass is 15.2. The predicted molar refractivity (Wildman–Crippen MR) is 111 cm³/mol. The second-order valence-electron chi connectivity index (χ2n) is 7.24. The molecule has 1 saturated heterocycles. The minimum Gasteiger partial charge on any atom is -0.315 e. The van der Waals surface area contributed by atoms with Crippen LogP contribution in [0.4, 0.5) is 0 Å². The molecule has 0 saturated carbocycles. The van der Waals surface area contributed by atoms with Crippen LogP contribution in [0, 0.1) is 0 Å². The highest BCUT2D eigenvalue weighted by molar-refractivity contribution is 5.83. The van der Waals surface area contributed by atoms with Crippen molar-refractivity contribution >= 4 is 10.8 Å². The summed E-state index contributed by atoms with van der Waals surface area (Å²) >= 11 is 0. The van der Waals surface area contributed by atoms with Crippen molar-refractivity contribution in [3.8, 4) is 0 Å². The maximum Gasteiger partial charge on any atom is 0.0602 e. The number of hydrogen-bond donors (Lipinski definition) is 1. The van der Waals surface area contributed by atoms with Gasteiger partial charge in [-0.1, -0.05) is 67.6 Å². The van der Waals surface area contributed by atoms with E-state index in [0.29, 0.717) is 6.04 Å². The van der Waals surface area contributed by atoms with E-state index in [0.717, 1.165) is 32.6 Å². The number of nitrogens with zero attached hydrogens (tertiary/aromatic N) is 1. The van der Waals surface area contributed by atoms with Crippen molar-refractivity contribution < 1.29 is 0 Å². The van der Waals surface area contributed by atoms with Gasteiger partial charge in [0.15, 0.2) is 0 Å². The molecule has 0 aromatic heterocycles. The molecule has 1 atom stereocenters. The van der Waals surface area contributed by atoms with Gasteiger partial charge in [-0.15, -0.1) is 0 Å². The molecule has 2 nitrogen and oxygen atoms in total. The normalized spacial score (nSPS) is 17.1. The van der Waals surface area contributed by atoms with Crippen LogP contribution >= 0.6 is 0 Å². The Hall–Kier alpha value is -2.16. The van der Waals surface area contributed by atoms with Crippen LogP contribution in [-0.4, -0.2) is 31.1 Å². The summed E-state index contributed by atoms with van der Waals surface area (Å²) in [5.74, 6) is 0. The molecule has 4 rings (SSSR count). The van der Waals surface area contributed by atoms with Crippen LogP contribution in [0.5, 0.6) is 0 Å². The Balaban J connectivity index is 1.76. The molecule has 0 spiro atoms. The molecule has 134 valence electrons. The largest absolute Gasteiger partial charge is 0.315 e. The first-order valence-corrected chi connectivity index (χ1v) is 9.87. The molecule has 1 heterocycles. The Morgan fingerprint density at radius 3 is 2.42 bits per heavy atom. The fourth-order valence-electron chi connectivity index (χ4n) is 4.05. The molecular formula is C24H28N2. The summed E-state index contributed by atoms with van der Waals surface area (Å²) in [6.45, 7) is 6.64. The first-order chi connectivity index (χ1) is 12.8. The van der Waals surface area contributed by atoms with Crippen molar-refractivity contribution in [2.24, 2.45) is 0 Å². The zero-order valence-corrected chi connectivity index (χ0v) is 15.6. The minimum absolute atomic E-state index is 0.324. The number of nitrogens with one attached hydrogen (secondary N) is 1. The van der Waals surface area contributed by atoms with Gasteiger partial charge in [0.05, 0.1) is 6.04 Å². The molecule has 3 aromatic carbocycles. The highest BCUT2D eigenvalue weighted by Crippen LogP contribution is 2.31. The third-order valence-electron chi connectivity index (χ3n) is 5.53. The molecule has 1 N–H and O–H groups in total. The highest BCUT2D eigenvalue weighted by Gasteiger charge is 2.23. The summed E-state index contributed by atoms with van der Waals surface area (Å²) in [5.41, 5.74) is 4.21. The maximum atomic E-state index is 3.54. The second-order valence-corrected chi connectivity index (χ2v) is 7.24. The molecule has 26 heavy (non-hydrogen) atoms. The van der Waals surface area contributed by atoms with Crippen LogP contribution in [0.15, 0.2) is 66.7 Å². The molecule has 0 aliphatic carbocycles. The van der Waals surface area contributed by atoms with E-state index in [-0.39, 0.29) is 0 Å². The predicted octanol–water partition coefficient (Wildman–Crippen LogP) is 4.79. The molecule has 3 aromatic rings. The van der Waals surface area contributed by atoms with Gasteiger partial charge < -0.3 is 5.32 Å². The van der Waals surface area contributed by atoms with Gasteiger partial charge in [0.25, 0.3) is 0 Å². The molecular weight excluding hydrogens is 316 g/mol. The van der Waals surface area contributed by atoms with Gasteiger partial charge in [-0.05, 0) is 52.9 Å². The number of rotatable bonds is 4. The van der Waals surface area contributed by atoms with Crippen LogP contribution in [0.1, 0.15) is 36.1 Å². The van der Waals surface area contributed by atoms with E-state index in [1.54, 1.807) is 0 Å². The number of hydrogen-bond acceptors (Lipinski definition) is 2. The molecule has 0 bridgehead atoms. The smallest absolute Gasteiger partial charge is 0.0602 e. The van der Waals surface area contributed by atoms with Crippen LogP contribution in [-0.2, 0) is 6.42 Å². The van der Waals surface area contributed by atoms with Gasteiger partial charge in [-0.25, -0.2) is 0 Å². The number of benzene rings is 3. The van der Waals surface area contributed by atoms with Crippen LogP contribution in [0.2, 0.25) is 0 Å². The van der Waals surface area contributed by atoms with E-state index in [2.05, 4.69) is 83.9 Å². The standard InChI is InChI=1S/C24H28N2/c1-2-19-8-10-21(11-9-19)24(26-16-5-14-25-15-17-26)23-13-12-20-6-3-4-7-22(20)18-23/h3-4,6-13,18,24-25H,2,5,14-17H2,1H3. The monoisotopic (exact) mass is 344 g/mol. The summed E-state index contributed by atoms with van der Waals surface area (Å²) in [6.07, 6.45) is 2.30. The lowest BCUT2D eigenvalue weighted by atomic mass is 9.93. The molecule has 1 aliphatic rings. The lowest BCUT2D eigenvalue weighted by molar-refractivity contribution is 0.241. The van der Waals surface area contributed by atoms with Crippen LogP contribution in [0.3, 0.4) is 0 Å². The SMILES string of the molecule is CCc1ccc(C(c2ccc3ccccc3c2)N2CCCNCC2)cc1. The Kier molecular flexibility index (Phi) is 5.33. The van der Waals surface area contributed by atoms with Gasteiger partial charge in [-0.2, -0.15) is 0 Å². The van der Waals surface area contributed by atoms with Gasteiger partial charge in [0.1, 0.15) is 0 Å². The summed E-state index contributed by atoms with van der Waals surface area (Å²) in [4.78, 5) is 2.64. The van der Waals surface area contributed by atoms with E-state index in [4.69, 9.17) is 0 Å². The van der Waals surface area contributed by atoms with Crippen LogP contribution in [0.25, 0.3) is 10.8 Å². The summed E-state index contributed by atoms with van der Waals surface area (Å²) in [6, 6.07) is 25.2. The summed E-state index contributed by atoms with van der Waals surface area (Å²) in [7, 11) is 0. The number of aryl methyl sites for hydroxylation is 1. The van der Waals surface area contributed by atoms with E-state index in [9.17, 15) is 0 Å². The quantitative estimate of drug-likeness (QED) is 0.732. The molecule has 1 aliphatic heterocycles. The van der Waals surface area contributed by atoms with E-state index in [1.165, 1.54) is 33.9 Å². The Morgan fingerprint density at radius 1 is 0.846 bits per heavy atom. The lowest BCUT2D eigenvalue weighted by Gasteiger charge is -2.31. The van der Waals surface area contributed by atoms with Crippen molar-refractivity contribution in [1.29, 1.82) is 0 Å². The van der Waals surface area contributed by atoms with E-state index in [1.807, 2.05) is 0 Å². The average Bonchev–Trinajstić information content (AvgIpc) is 2.98. The van der Waals surface area contributed by atoms with E-state index >= 15 is 0 Å². The zero-order chi connectivity index (χ0) is 17.8. The van der Waals surface area contributed by atoms with Crippen molar-refractivity contribution in [2.75, 3.05) is 26.2 Å². The van der Waals surface area contributed by atoms with Crippen molar-refractivity contribution in [3.63, 3.8) is 0 Å². The van der Waals surface area contributed by atoms with Gasteiger partial charge >= 0.3 is 0 Å². The Morgan fingerprint density at radius 2 is 1.62 bits per heavy atom. The third-order valence-corrected chi connectivity index (χ3v) is 5.53. The Labute approximate surface area is 156 Å². The molecule has 1 fully saturated rings. The third kappa shape index (κ3) is 3.67. The van der Waals surface area contributed by atoms with Crippen LogP contribution < -0.4 is 5.32 Å². The van der Waals surface area contributed by atoms with Crippen molar-refractivity contribution in [1.82, 2.24) is 10.2 Å². The minimum atomic E-state index is 0.324. The average molecular weight is 345 g/mol. The summed E-state index contributed by atoms with van der Waals surface area (Å²) < 4.78 is 0. The first kappa shape index (κ1) is 17.3. The topological polar surface area (TPSA) is 15.3 Å². The fourth-order valence-corrected chi connectivity index (χ4v) is 4.05. The van der Waals surface area contributed by atoms with Gasteiger partial charge in [-0.3, -0.25) is 4.90 Å². The Bertz CT molecular complexity index is 845. The molecule has 2 heteroatoms. The lowest BCUT2D eigenvalue weighted by Crippen LogP contribution is -2.33. The summed E-state index contributed by atoms with van der Waals surface area (Å²) in [5, 5.41) is 6.18. The molecule has 0 radical (unpaired) electrons. The second kappa shape index (κ2) is 8.03. The molecule has 1 unspecified atom stereocenters. The zero-order valence-electron chi connectivity index (χ0n) is 15.6. The van der Waals surface area contributed by atoms with E-state index < -0.39 is 0 Å². The number of fused-ring (bicyclic) bond motifs is 1. The van der Waals surface area contributed by atoms with Crippen molar-refractivity contribution in [3.05, 3.63) is 83.4 Å².